The number of hydrogen-bond donors (Lipinski definition) is 2. The van der Waals surface area contributed by atoms with Crippen LogP contribution in [0.25, 0.3) is 0 Å². The molecule has 2 aromatic rings. The van der Waals surface area contributed by atoms with Gasteiger partial charge in [-0.15, -0.1) is 12.4 Å². The molecule has 1 aliphatic rings. The van der Waals surface area contributed by atoms with Crippen molar-refractivity contribution >= 4 is 24.0 Å². The van der Waals surface area contributed by atoms with Gasteiger partial charge in [0.2, 0.25) is 0 Å². The first-order chi connectivity index (χ1) is 11.6. The first kappa shape index (κ1) is 19.1. The Morgan fingerprint density at radius 3 is 2.68 bits per heavy atom. The largest absolute Gasteiger partial charge is 0.492 e. The zero-order chi connectivity index (χ0) is 17.1. The number of amides is 1. The standard InChI is InChI=1S/C19H22N2O3.ClH/c1-3-23-18-9-15-8-12(2)24-17(15)10-16(18)21-19(22)14-6-4-13(11-20)5-7-14;/h4-7,9-10,12H,3,8,11,20H2,1-2H3,(H,21,22);1H. The van der Waals surface area contributed by atoms with Crippen molar-refractivity contribution < 1.29 is 14.3 Å². The van der Waals surface area contributed by atoms with E-state index in [-0.39, 0.29) is 24.4 Å². The van der Waals surface area contributed by atoms with Crippen LogP contribution >= 0.6 is 12.4 Å². The van der Waals surface area contributed by atoms with Gasteiger partial charge in [-0.2, -0.15) is 0 Å². The van der Waals surface area contributed by atoms with Crippen LogP contribution in [0, 0.1) is 0 Å². The number of nitrogens with two attached hydrogens (primary N) is 1. The van der Waals surface area contributed by atoms with Gasteiger partial charge < -0.3 is 20.5 Å². The summed E-state index contributed by atoms with van der Waals surface area (Å²) in [5.74, 6) is 1.28. The van der Waals surface area contributed by atoms with Gasteiger partial charge in [-0.3, -0.25) is 4.79 Å². The quantitative estimate of drug-likeness (QED) is 0.853. The van der Waals surface area contributed by atoms with Crippen LogP contribution in [0.2, 0.25) is 0 Å². The van der Waals surface area contributed by atoms with E-state index in [4.69, 9.17) is 15.2 Å². The van der Waals surface area contributed by atoms with Crippen molar-refractivity contribution in [2.75, 3.05) is 11.9 Å². The molecule has 1 atom stereocenters. The Balaban J connectivity index is 0.00000225. The normalized spacial score (nSPS) is 14.9. The van der Waals surface area contributed by atoms with Gasteiger partial charge in [0.05, 0.1) is 12.3 Å². The molecule has 0 radical (unpaired) electrons. The lowest BCUT2D eigenvalue weighted by Crippen LogP contribution is -2.13. The second-order valence-corrected chi connectivity index (χ2v) is 5.88. The van der Waals surface area contributed by atoms with Crippen molar-refractivity contribution in [3.05, 3.63) is 53.1 Å². The first-order valence-electron chi connectivity index (χ1n) is 8.17. The Kier molecular flexibility index (Phi) is 6.28. The monoisotopic (exact) mass is 362 g/mol. The van der Waals surface area contributed by atoms with E-state index in [1.54, 1.807) is 12.1 Å². The minimum Gasteiger partial charge on any atom is -0.492 e. The van der Waals surface area contributed by atoms with Crippen LogP contribution in [-0.2, 0) is 13.0 Å². The van der Waals surface area contributed by atoms with E-state index in [2.05, 4.69) is 5.32 Å². The summed E-state index contributed by atoms with van der Waals surface area (Å²) in [4.78, 5) is 12.5. The van der Waals surface area contributed by atoms with Crippen molar-refractivity contribution in [1.82, 2.24) is 0 Å². The zero-order valence-corrected chi connectivity index (χ0v) is 15.2. The number of ether oxygens (including phenoxy) is 2. The average molecular weight is 363 g/mol. The number of halogens is 1. The van der Waals surface area contributed by atoms with Crippen molar-refractivity contribution in [1.29, 1.82) is 0 Å². The molecular weight excluding hydrogens is 340 g/mol. The van der Waals surface area contributed by atoms with E-state index in [1.807, 2.05) is 38.1 Å². The number of benzene rings is 2. The van der Waals surface area contributed by atoms with Crippen molar-refractivity contribution in [3.8, 4) is 11.5 Å². The Morgan fingerprint density at radius 1 is 1.32 bits per heavy atom. The van der Waals surface area contributed by atoms with Crippen molar-refractivity contribution in [3.63, 3.8) is 0 Å². The summed E-state index contributed by atoms with van der Waals surface area (Å²) in [6.45, 7) is 4.93. The van der Waals surface area contributed by atoms with Crippen LogP contribution in [0.1, 0.15) is 35.3 Å². The fourth-order valence-corrected chi connectivity index (χ4v) is 2.80. The maximum atomic E-state index is 12.5. The van der Waals surface area contributed by atoms with E-state index in [9.17, 15) is 4.79 Å². The molecule has 1 heterocycles. The number of carbonyl (C=O) groups is 1. The molecule has 3 rings (SSSR count). The third-order valence-corrected chi connectivity index (χ3v) is 4.00. The van der Waals surface area contributed by atoms with Crippen LogP contribution in [-0.4, -0.2) is 18.6 Å². The molecule has 0 spiro atoms. The summed E-state index contributed by atoms with van der Waals surface area (Å²) < 4.78 is 11.5. The number of nitrogens with one attached hydrogen (secondary N) is 1. The summed E-state index contributed by atoms with van der Waals surface area (Å²) in [6.07, 6.45) is 0.994. The molecular formula is C19H23ClN2O3. The fraction of sp³-hybridized carbons (Fsp3) is 0.316. The van der Waals surface area contributed by atoms with Gasteiger partial charge in [0.25, 0.3) is 5.91 Å². The third kappa shape index (κ3) is 4.24. The van der Waals surface area contributed by atoms with E-state index in [0.29, 0.717) is 30.2 Å². The average Bonchev–Trinajstić information content (AvgIpc) is 2.94. The Bertz CT molecular complexity index is 747. The van der Waals surface area contributed by atoms with Gasteiger partial charge in [0.15, 0.2) is 0 Å². The maximum absolute atomic E-state index is 12.5. The van der Waals surface area contributed by atoms with Crippen LogP contribution in [0.4, 0.5) is 5.69 Å². The Labute approximate surface area is 153 Å². The van der Waals surface area contributed by atoms with Gasteiger partial charge in [-0.05, 0) is 37.6 Å². The van der Waals surface area contributed by atoms with E-state index >= 15 is 0 Å². The molecule has 3 N–H and O–H groups in total. The van der Waals surface area contributed by atoms with Crippen LogP contribution in [0.3, 0.4) is 0 Å². The lowest BCUT2D eigenvalue weighted by Gasteiger charge is -2.13. The minimum atomic E-state index is -0.189. The molecule has 0 aliphatic carbocycles. The molecule has 0 saturated carbocycles. The molecule has 1 aliphatic heterocycles. The fourth-order valence-electron chi connectivity index (χ4n) is 2.80. The van der Waals surface area contributed by atoms with E-state index in [0.717, 1.165) is 23.3 Å². The van der Waals surface area contributed by atoms with Crippen molar-refractivity contribution in [2.45, 2.75) is 32.9 Å². The molecule has 25 heavy (non-hydrogen) atoms. The molecule has 1 unspecified atom stereocenters. The first-order valence-corrected chi connectivity index (χ1v) is 8.17. The highest BCUT2D eigenvalue weighted by molar-refractivity contribution is 6.05. The topological polar surface area (TPSA) is 73.6 Å². The predicted octanol–water partition coefficient (Wildman–Crippen LogP) is 3.54. The highest BCUT2D eigenvalue weighted by Gasteiger charge is 2.22. The van der Waals surface area contributed by atoms with Gasteiger partial charge in [0, 0.05) is 30.2 Å². The molecule has 0 saturated heterocycles. The van der Waals surface area contributed by atoms with Crippen LogP contribution in [0.5, 0.6) is 11.5 Å². The number of fused-ring (bicyclic) bond motifs is 1. The summed E-state index contributed by atoms with van der Waals surface area (Å²) in [7, 11) is 0. The van der Waals surface area contributed by atoms with Gasteiger partial charge in [-0.1, -0.05) is 12.1 Å². The van der Waals surface area contributed by atoms with Crippen LogP contribution < -0.4 is 20.5 Å². The van der Waals surface area contributed by atoms with Crippen molar-refractivity contribution in [2.24, 2.45) is 5.73 Å². The maximum Gasteiger partial charge on any atom is 0.255 e. The Morgan fingerprint density at radius 2 is 2.04 bits per heavy atom. The molecule has 5 nitrogen and oxygen atoms in total. The van der Waals surface area contributed by atoms with E-state index < -0.39 is 0 Å². The summed E-state index contributed by atoms with van der Waals surface area (Å²) in [5.41, 5.74) is 8.88. The lowest BCUT2D eigenvalue weighted by molar-refractivity contribution is 0.102. The minimum absolute atomic E-state index is 0. The number of hydrogen-bond acceptors (Lipinski definition) is 4. The SMILES string of the molecule is CCOc1cc2c(cc1NC(=O)c1ccc(CN)cc1)OC(C)C2.Cl. The molecule has 2 aromatic carbocycles. The summed E-state index contributed by atoms with van der Waals surface area (Å²) >= 11 is 0. The smallest absolute Gasteiger partial charge is 0.255 e. The summed E-state index contributed by atoms with van der Waals surface area (Å²) in [6, 6.07) is 11.0. The number of carbonyl (C=O) groups excluding carboxylic acids is 1. The molecule has 0 fully saturated rings. The lowest BCUT2D eigenvalue weighted by atomic mass is 10.1. The molecule has 0 bridgehead atoms. The van der Waals surface area contributed by atoms with Gasteiger partial charge in [0.1, 0.15) is 17.6 Å². The molecule has 1 amide bonds. The number of rotatable bonds is 5. The van der Waals surface area contributed by atoms with Gasteiger partial charge >= 0.3 is 0 Å². The summed E-state index contributed by atoms with van der Waals surface area (Å²) in [5, 5.41) is 2.92. The third-order valence-electron chi connectivity index (χ3n) is 4.00. The second kappa shape index (κ2) is 8.23. The molecule has 0 aromatic heterocycles. The zero-order valence-electron chi connectivity index (χ0n) is 14.4. The highest BCUT2D eigenvalue weighted by atomic mass is 35.5. The van der Waals surface area contributed by atoms with Gasteiger partial charge in [-0.25, -0.2) is 0 Å². The Hall–Kier alpha value is -2.24. The molecule has 134 valence electrons. The number of anilines is 1. The predicted molar refractivity (Wildman–Crippen MR) is 101 cm³/mol. The highest BCUT2D eigenvalue weighted by Crippen LogP contribution is 2.38. The van der Waals surface area contributed by atoms with E-state index in [1.165, 1.54) is 0 Å². The van der Waals surface area contributed by atoms with Crippen LogP contribution in [0.15, 0.2) is 36.4 Å². The molecule has 6 heteroatoms. The second-order valence-electron chi connectivity index (χ2n) is 5.88.